The van der Waals surface area contributed by atoms with Gasteiger partial charge >= 0.3 is 15.6 Å². The Hall–Kier alpha value is 0.130. The normalized spacial score (nSPS) is 14.8. The second kappa shape index (κ2) is 3.12. The van der Waals surface area contributed by atoms with E-state index in [1.165, 1.54) is 20.0 Å². The van der Waals surface area contributed by atoms with Crippen LogP contribution in [0.25, 0.3) is 0 Å². The first kappa shape index (κ1) is 12.1. The van der Waals surface area contributed by atoms with E-state index in [2.05, 4.69) is 3.97 Å². The first-order valence-electron chi connectivity index (χ1n) is 2.80. The van der Waals surface area contributed by atoms with Crippen molar-refractivity contribution in [1.29, 1.82) is 0 Å². The predicted octanol–water partition coefficient (Wildman–Crippen LogP) is 1.67. The molecule has 0 saturated carbocycles. The van der Waals surface area contributed by atoms with Crippen molar-refractivity contribution in [2.45, 2.75) is 5.51 Å². The summed E-state index contributed by atoms with van der Waals surface area (Å²) in [7, 11) is -7.85. The monoisotopic (exact) mass is 225 g/mol. The minimum Gasteiger partial charge on any atom is -0.186 e. The maximum atomic E-state index is 11.7. The van der Waals surface area contributed by atoms with E-state index in [1.54, 1.807) is 0 Å². The molecular formula is C4H9F3O3PS+. The SMILES string of the molecule is C[P+](C)(C)OS(=O)(=O)C(F)(F)F. The van der Waals surface area contributed by atoms with Gasteiger partial charge in [-0.2, -0.15) is 21.6 Å². The maximum Gasteiger partial charge on any atom is 0.526 e. The van der Waals surface area contributed by atoms with Crippen LogP contribution in [0.4, 0.5) is 13.2 Å². The molecule has 0 amide bonds. The van der Waals surface area contributed by atoms with Gasteiger partial charge < -0.3 is 0 Å². The molecule has 0 aromatic carbocycles. The number of alkyl halides is 3. The lowest BCUT2D eigenvalue weighted by molar-refractivity contribution is -0.0497. The molecule has 0 rings (SSSR count). The highest BCUT2D eigenvalue weighted by Crippen LogP contribution is 2.51. The Kier molecular flexibility index (Phi) is 3.15. The highest BCUT2D eigenvalue weighted by Gasteiger charge is 2.52. The lowest BCUT2D eigenvalue weighted by Gasteiger charge is -2.12. The van der Waals surface area contributed by atoms with Crippen LogP contribution in [0.2, 0.25) is 0 Å². The zero-order valence-electron chi connectivity index (χ0n) is 6.71. The van der Waals surface area contributed by atoms with E-state index in [1.807, 2.05) is 0 Å². The van der Waals surface area contributed by atoms with Crippen molar-refractivity contribution in [2.75, 3.05) is 20.0 Å². The zero-order valence-corrected chi connectivity index (χ0v) is 8.43. The highest BCUT2D eigenvalue weighted by molar-refractivity contribution is 7.94. The fourth-order valence-corrected chi connectivity index (χ4v) is 3.03. The van der Waals surface area contributed by atoms with E-state index < -0.39 is 23.1 Å². The fraction of sp³-hybridized carbons (Fsp3) is 1.00. The topological polar surface area (TPSA) is 43.4 Å². The van der Waals surface area contributed by atoms with Crippen molar-refractivity contribution in [3.63, 3.8) is 0 Å². The molecule has 0 fully saturated rings. The maximum absolute atomic E-state index is 11.7. The summed E-state index contributed by atoms with van der Waals surface area (Å²) in [6.45, 7) is 3.99. The first-order chi connectivity index (χ1) is 4.96. The van der Waals surface area contributed by atoms with Crippen LogP contribution in [-0.2, 0) is 14.1 Å². The van der Waals surface area contributed by atoms with Gasteiger partial charge in [0.1, 0.15) is 0 Å². The molecule has 0 aromatic heterocycles. The minimum atomic E-state index is -5.41. The largest absolute Gasteiger partial charge is 0.526 e. The summed E-state index contributed by atoms with van der Waals surface area (Å²) in [5.41, 5.74) is -5.32. The van der Waals surface area contributed by atoms with Crippen LogP contribution in [0.1, 0.15) is 0 Å². The first-order valence-corrected chi connectivity index (χ1v) is 7.25. The van der Waals surface area contributed by atoms with Gasteiger partial charge in [-0.1, -0.05) is 0 Å². The zero-order chi connectivity index (χ0) is 10.2. The molecule has 0 atom stereocenters. The van der Waals surface area contributed by atoms with E-state index in [-0.39, 0.29) is 0 Å². The molecule has 0 aliphatic carbocycles. The molecule has 3 nitrogen and oxygen atoms in total. The summed E-state index contributed by atoms with van der Waals surface area (Å²) in [6.07, 6.45) is 0. The average molecular weight is 225 g/mol. The van der Waals surface area contributed by atoms with Crippen LogP contribution in [-0.4, -0.2) is 33.9 Å². The molecule has 0 radical (unpaired) electrons. The summed E-state index contributed by atoms with van der Waals surface area (Å²) in [6, 6.07) is 0. The van der Waals surface area contributed by atoms with Crippen LogP contribution in [0.5, 0.6) is 0 Å². The Morgan fingerprint density at radius 2 is 1.50 bits per heavy atom. The van der Waals surface area contributed by atoms with Crippen LogP contribution >= 0.6 is 7.49 Å². The molecule has 0 bridgehead atoms. The van der Waals surface area contributed by atoms with Gasteiger partial charge in [-0.15, -0.1) is 3.97 Å². The Morgan fingerprint density at radius 3 is 1.58 bits per heavy atom. The van der Waals surface area contributed by atoms with Crippen molar-refractivity contribution >= 4 is 17.6 Å². The lowest BCUT2D eigenvalue weighted by atomic mass is 11.6. The molecule has 0 aromatic rings. The van der Waals surface area contributed by atoms with Crippen molar-refractivity contribution in [3.8, 4) is 0 Å². The summed E-state index contributed by atoms with van der Waals surface area (Å²) < 4.78 is 59.7. The Balaban J connectivity index is 4.70. The fourth-order valence-electron chi connectivity index (χ4n) is 0.337. The lowest BCUT2D eigenvalue weighted by Crippen LogP contribution is -2.25. The van der Waals surface area contributed by atoms with Crippen molar-refractivity contribution in [1.82, 2.24) is 0 Å². The van der Waals surface area contributed by atoms with Crippen molar-refractivity contribution in [2.24, 2.45) is 0 Å². The predicted molar refractivity (Wildman–Crippen MR) is 40.8 cm³/mol. The molecule has 0 aliphatic rings. The van der Waals surface area contributed by atoms with Gasteiger partial charge in [0.25, 0.3) is 0 Å². The average Bonchev–Trinajstić information content (AvgIpc) is 1.52. The van der Waals surface area contributed by atoms with Gasteiger partial charge in [0.15, 0.2) is 7.49 Å². The van der Waals surface area contributed by atoms with Crippen LogP contribution < -0.4 is 0 Å². The molecule has 0 saturated heterocycles. The third-order valence-electron chi connectivity index (χ3n) is 0.605. The summed E-state index contributed by atoms with van der Waals surface area (Å²) in [5, 5.41) is 0. The molecular weight excluding hydrogens is 216 g/mol. The smallest absolute Gasteiger partial charge is 0.186 e. The Labute approximate surface area is 69.4 Å². The molecule has 8 heteroatoms. The quantitative estimate of drug-likeness (QED) is 0.530. The van der Waals surface area contributed by atoms with E-state index in [0.29, 0.717) is 0 Å². The second-order valence-corrected chi connectivity index (χ2v) is 8.61. The summed E-state index contributed by atoms with van der Waals surface area (Å²) in [5.74, 6) is 0. The molecule has 0 unspecified atom stereocenters. The minimum absolute atomic E-state index is 1.33. The van der Waals surface area contributed by atoms with Crippen LogP contribution in [0.3, 0.4) is 0 Å². The molecule has 0 N–H and O–H groups in total. The number of hydrogen-bond acceptors (Lipinski definition) is 3. The van der Waals surface area contributed by atoms with Gasteiger partial charge in [-0.3, -0.25) is 0 Å². The van der Waals surface area contributed by atoms with Gasteiger partial charge in [0.05, 0.1) is 20.0 Å². The Bertz CT molecular complexity index is 250. The summed E-state index contributed by atoms with van der Waals surface area (Å²) >= 11 is 0. The van der Waals surface area contributed by atoms with E-state index in [0.717, 1.165) is 0 Å². The number of rotatable bonds is 2. The van der Waals surface area contributed by atoms with Gasteiger partial charge in [0.2, 0.25) is 0 Å². The summed E-state index contributed by atoms with van der Waals surface area (Å²) in [4.78, 5) is 0. The van der Waals surface area contributed by atoms with Crippen molar-refractivity contribution < 1.29 is 25.6 Å². The third kappa shape index (κ3) is 3.69. The van der Waals surface area contributed by atoms with Crippen LogP contribution in [0.15, 0.2) is 0 Å². The van der Waals surface area contributed by atoms with E-state index in [4.69, 9.17) is 0 Å². The van der Waals surface area contributed by atoms with Gasteiger partial charge in [0, 0.05) is 0 Å². The van der Waals surface area contributed by atoms with Gasteiger partial charge in [-0.05, 0) is 0 Å². The molecule has 12 heavy (non-hydrogen) atoms. The third-order valence-corrected chi connectivity index (χ3v) is 3.75. The molecule has 74 valence electrons. The van der Waals surface area contributed by atoms with E-state index in [9.17, 15) is 21.6 Å². The van der Waals surface area contributed by atoms with Gasteiger partial charge in [-0.25, -0.2) is 0 Å². The number of halogens is 3. The molecule has 0 spiro atoms. The van der Waals surface area contributed by atoms with Crippen molar-refractivity contribution in [3.05, 3.63) is 0 Å². The number of hydrogen-bond donors (Lipinski definition) is 0. The van der Waals surface area contributed by atoms with E-state index >= 15 is 0 Å². The standard InChI is InChI=1S/C4H9F3O3PS/c1-11(2,3)10-12(8,9)4(5,6)7/h1-3H3/q+1. The van der Waals surface area contributed by atoms with Crippen LogP contribution in [0, 0.1) is 0 Å². The molecule has 0 heterocycles. The highest BCUT2D eigenvalue weighted by atomic mass is 32.2. The Morgan fingerprint density at radius 1 is 1.17 bits per heavy atom. The molecule has 0 aliphatic heterocycles. The second-order valence-electron chi connectivity index (χ2n) is 2.86.